The van der Waals surface area contributed by atoms with E-state index in [2.05, 4.69) is 26.1 Å². The lowest BCUT2D eigenvalue weighted by atomic mass is 10.1. The number of nitrogens with one attached hydrogen (secondary N) is 4. The first-order valence-corrected chi connectivity index (χ1v) is 12.8. The number of nitroso groups, excluding NO2 is 1. The first kappa shape index (κ1) is 27.4. The summed E-state index contributed by atoms with van der Waals surface area (Å²) in [5.41, 5.74) is 7.68. The lowest BCUT2D eigenvalue weighted by Crippen LogP contribution is -2.20. The summed E-state index contributed by atoms with van der Waals surface area (Å²) < 4.78 is 0. The summed E-state index contributed by atoms with van der Waals surface area (Å²) in [5.74, 6) is -0.659. The molecule has 0 aliphatic heterocycles. The van der Waals surface area contributed by atoms with E-state index in [9.17, 15) is 14.5 Å². The van der Waals surface area contributed by atoms with Gasteiger partial charge in [-0.1, -0.05) is 44.9 Å². The van der Waals surface area contributed by atoms with Crippen molar-refractivity contribution < 1.29 is 14.6 Å². The van der Waals surface area contributed by atoms with Crippen LogP contribution in [-0.4, -0.2) is 24.9 Å². The molecule has 2 amide bonds. The Balaban J connectivity index is 1.83. The monoisotopic (exact) mass is 489 g/mol. The van der Waals surface area contributed by atoms with Gasteiger partial charge in [-0.15, -0.1) is 4.91 Å². The third-order valence-corrected chi connectivity index (χ3v) is 6.40. The first-order valence-electron chi connectivity index (χ1n) is 12.0. The van der Waals surface area contributed by atoms with Crippen LogP contribution in [0.1, 0.15) is 80.8 Å². The van der Waals surface area contributed by atoms with Crippen LogP contribution < -0.4 is 26.7 Å². The molecule has 0 atom stereocenters. The van der Waals surface area contributed by atoms with E-state index in [-0.39, 0.29) is 10.9 Å². The Morgan fingerprint density at radius 3 is 2.24 bits per heavy atom. The lowest BCUT2D eigenvalue weighted by Gasteiger charge is -2.12. The molecule has 10 heteroatoms. The van der Waals surface area contributed by atoms with E-state index >= 15 is 0 Å². The van der Waals surface area contributed by atoms with Gasteiger partial charge in [-0.25, -0.2) is 9.78 Å². The van der Waals surface area contributed by atoms with Gasteiger partial charge in [0.2, 0.25) is 10.9 Å². The van der Waals surface area contributed by atoms with Crippen molar-refractivity contribution in [2.45, 2.75) is 71.6 Å². The molecule has 0 unspecified atom stereocenters. The maximum absolute atomic E-state index is 12.8. The van der Waals surface area contributed by atoms with Crippen LogP contribution in [0.4, 0.5) is 21.5 Å². The molecule has 2 rings (SSSR count). The Bertz CT molecular complexity index is 947. The molecule has 0 radical (unpaired) electrons. The van der Waals surface area contributed by atoms with Gasteiger partial charge >= 0.3 is 11.0 Å². The molecule has 2 aromatic rings. The molecule has 0 spiro atoms. The van der Waals surface area contributed by atoms with Crippen LogP contribution in [0.15, 0.2) is 23.4 Å². The molecule has 0 fully saturated rings. The topological polar surface area (TPSA) is 140 Å². The molecule has 0 saturated heterocycles. The van der Waals surface area contributed by atoms with Crippen LogP contribution >= 0.6 is 11.3 Å². The van der Waals surface area contributed by atoms with Crippen LogP contribution in [0.2, 0.25) is 0 Å². The number of nitrogens with zero attached hydrogens (tertiary/aromatic N) is 1. The number of H-pyrrole nitrogens is 1. The Hall–Kier alpha value is -2.85. The van der Waals surface area contributed by atoms with Gasteiger partial charge in [0.15, 0.2) is 0 Å². The maximum Gasteiger partial charge on any atom is 0.341 e. The minimum Gasteiger partial charge on any atom is -0.385 e. The fourth-order valence-corrected chi connectivity index (χ4v) is 4.40. The number of amides is 2. The number of carbonyl (C=O) groups is 2. The number of aromatic nitrogens is 1. The normalized spacial score (nSPS) is 10.7. The summed E-state index contributed by atoms with van der Waals surface area (Å²) >= 11 is 1.06. The van der Waals surface area contributed by atoms with Crippen LogP contribution in [0.25, 0.3) is 0 Å². The summed E-state index contributed by atoms with van der Waals surface area (Å²) in [6.07, 6.45) is 11.0. The third-order valence-electron chi connectivity index (χ3n) is 5.42. The van der Waals surface area contributed by atoms with E-state index in [1.54, 1.807) is 19.1 Å². The SMILES string of the molecule is CC(=O)Nc1cc(NCCCCCCCCCCCN)ccc1C(=O)Nc1[nH+]c(C)c(N=O)s1. The molecule has 1 aromatic carbocycles. The van der Waals surface area contributed by atoms with Crippen LogP contribution in [-0.2, 0) is 4.79 Å². The van der Waals surface area contributed by atoms with Crippen molar-refractivity contribution in [1.29, 1.82) is 0 Å². The highest BCUT2D eigenvalue weighted by Gasteiger charge is 2.21. The quantitative estimate of drug-likeness (QED) is 0.186. The average Bonchev–Trinajstić information content (AvgIpc) is 3.16. The number of rotatable bonds is 16. The Labute approximate surface area is 205 Å². The van der Waals surface area contributed by atoms with Crippen molar-refractivity contribution >= 4 is 44.7 Å². The third kappa shape index (κ3) is 9.56. The summed E-state index contributed by atoms with van der Waals surface area (Å²) in [4.78, 5) is 38.2. The standard InChI is InChI=1S/C24H36N6O3S/c1-17-23(30-33)34-24(27-17)29-22(32)20-13-12-19(16-21(20)28-18(2)31)26-15-11-9-7-5-3-4-6-8-10-14-25/h12-13,16,26H,3-11,14-15,25H2,1-2H3,(H,28,31)(H,27,29,32)/p+1. The number of carbonyl (C=O) groups excluding carboxylic acids is 2. The minimum atomic E-state index is -0.395. The predicted octanol–water partition coefficient (Wildman–Crippen LogP) is 5.36. The van der Waals surface area contributed by atoms with E-state index in [0.717, 1.165) is 43.0 Å². The number of nitrogens with two attached hydrogens (primary N) is 1. The number of anilines is 3. The molecule has 1 aromatic heterocycles. The molecule has 9 nitrogen and oxygen atoms in total. The number of aryl methyl sites for hydroxylation is 1. The second-order valence-corrected chi connectivity index (χ2v) is 9.37. The van der Waals surface area contributed by atoms with Gasteiger partial charge in [0.05, 0.1) is 11.3 Å². The molecule has 0 aliphatic carbocycles. The second kappa shape index (κ2) is 15.1. The summed E-state index contributed by atoms with van der Waals surface area (Å²) in [7, 11) is 0. The lowest BCUT2D eigenvalue weighted by molar-refractivity contribution is -0.363. The molecule has 0 aliphatic rings. The zero-order valence-corrected chi connectivity index (χ0v) is 21.0. The minimum absolute atomic E-state index is 0.264. The highest BCUT2D eigenvalue weighted by atomic mass is 32.1. The van der Waals surface area contributed by atoms with Gasteiger partial charge in [-0.05, 0) is 54.1 Å². The largest absolute Gasteiger partial charge is 0.385 e. The number of thiazole rings is 1. The van der Waals surface area contributed by atoms with Gasteiger partial charge < -0.3 is 16.4 Å². The molecule has 0 saturated carbocycles. The van der Waals surface area contributed by atoms with Crippen molar-refractivity contribution in [1.82, 2.24) is 0 Å². The fraction of sp³-hybridized carbons (Fsp3) is 0.542. The number of benzene rings is 1. The number of unbranched alkanes of at least 4 members (excludes halogenated alkanes) is 8. The number of hydrogen-bond acceptors (Lipinski definition) is 7. The van der Waals surface area contributed by atoms with Crippen molar-refractivity contribution in [2.75, 3.05) is 29.0 Å². The van der Waals surface area contributed by atoms with Crippen LogP contribution in [0.5, 0.6) is 0 Å². The van der Waals surface area contributed by atoms with Gasteiger partial charge in [0.1, 0.15) is 5.69 Å². The molecular formula is C24H37N6O3S+. The zero-order chi connectivity index (χ0) is 24.8. The van der Waals surface area contributed by atoms with E-state index in [1.165, 1.54) is 51.9 Å². The molecule has 0 bridgehead atoms. The summed E-state index contributed by atoms with van der Waals surface area (Å²) in [5, 5.41) is 12.4. The predicted molar refractivity (Wildman–Crippen MR) is 139 cm³/mol. The van der Waals surface area contributed by atoms with Crippen molar-refractivity contribution in [3.05, 3.63) is 34.4 Å². The van der Waals surface area contributed by atoms with Crippen molar-refractivity contribution in [3.8, 4) is 0 Å². The van der Waals surface area contributed by atoms with Crippen LogP contribution in [0, 0.1) is 11.8 Å². The fourth-order valence-electron chi connectivity index (χ4n) is 3.62. The molecular weight excluding hydrogens is 452 g/mol. The van der Waals surface area contributed by atoms with Crippen LogP contribution in [0.3, 0.4) is 0 Å². The second-order valence-electron chi connectivity index (χ2n) is 8.37. The average molecular weight is 490 g/mol. The summed E-state index contributed by atoms with van der Waals surface area (Å²) in [6, 6.07) is 5.26. The zero-order valence-electron chi connectivity index (χ0n) is 20.2. The van der Waals surface area contributed by atoms with Crippen molar-refractivity contribution in [3.63, 3.8) is 0 Å². The smallest absolute Gasteiger partial charge is 0.341 e. The van der Waals surface area contributed by atoms with Gasteiger partial charge in [-0.3, -0.25) is 4.79 Å². The number of hydrogen-bond donors (Lipinski definition) is 4. The molecule has 186 valence electrons. The van der Waals surface area contributed by atoms with Gasteiger partial charge in [-0.2, -0.15) is 5.32 Å². The van der Waals surface area contributed by atoms with E-state index in [4.69, 9.17) is 5.73 Å². The van der Waals surface area contributed by atoms with Gasteiger partial charge in [0, 0.05) is 26.1 Å². The molecule has 34 heavy (non-hydrogen) atoms. The maximum atomic E-state index is 12.8. The Kier molecular flexibility index (Phi) is 12.2. The number of aromatic amines is 1. The van der Waals surface area contributed by atoms with E-state index in [0.29, 0.717) is 22.1 Å². The van der Waals surface area contributed by atoms with Crippen molar-refractivity contribution in [2.24, 2.45) is 10.9 Å². The summed E-state index contributed by atoms with van der Waals surface area (Å²) in [6.45, 7) is 4.73. The Morgan fingerprint density at radius 1 is 1.00 bits per heavy atom. The Morgan fingerprint density at radius 2 is 1.65 bits per heavy atom. The molecule has 6 N–H and O–H groups in total. The van der Waals surface area contributed by atoms with Gasteiger partial charge in [0.25, 0.3) is 0 Å². The van der Waals surface area contributed by atoms with E-state index in [1.807, 2.05) is 6.07 Å². The van der Waals surface area contributed by atoms with E-state index < -0.39 is 5.91 Å². The first-order chi connectivity index (χ1) is 16.4. The molecule has 1 heterocycles. The highest BCUT2D eigenvalue weighted by Crippen LogP contribution is 2.28. The highest BCUT2D eigenvalue weighted by molar-refractivity contribution is 7.19.